The fourth-order valence-electron chi connectivity index (χ4n) is 3.94. The molecule has 0 radical (unpaired) electrons. The van der Waals surface area contributed by atoms with E-state index in [9.17, 15) is 14.0 Å². The molecule has 32 heavy (non-hydrogen) atoms. The van der Waals surface area contributed by atoms with Crippen molar-refractivity contribution in [2.75, 3.05) is 39.4 Å². The van der Waals surface area contributed by atoms with Crippen molar-refractivity contribution in [1.29, 1.82) is 0 Å². The number of nitrogens with zero attached hydrogens (tertiary/aromatic N) is 2. The minimum Gasteiger partial charge on any atom is -0.444 e. The third-order valence-corrected chi connectivity index (χ3v) is 5.71. The van der Waals surface area contributed by atoms with Gasteiger partial charge in [0.1, 0.15) is 23.1 Å². The smallest absolute Gasteiger partial charge is 0.411 e. The Morgan fingerprint density at radius 3 is 2.66 bits per heavy atom. The molecule has 2 aliphatic rings. The van der Waals surface area contributed by atoms with E-state index < -0.39 is 35.1 Å². The monoisotopic (exact) mass is 473 g/mol. The number of hydrogen-bond donors (Lipinski definition) is 1. The Labute approximate surface area is 192 Å². The molecule has 178 valence electrons. The standard InChI is InChI=1S/C22H30ClF2N3O4/c1-21(2,3)32-20(30)28-14-22(25,13-27-7-9-31-10-8-27)11-17(28)19(29)26-12-15-5-4-6-16(23)18(15)24/h4-6,17H,7-14H2,1-3H3,(H,26,29)/t17-,22+/m0/s1. The molecule has 0 unspecified atom stereocenters. The second kappa shape index (κ2) is 9.89. The van der Waals surface area contributed by atoms with Crippen LogP contribution < -0.4 is 5.32 Å². The van der Waals surface area contributed by atoms with Gasteiger partial charge in [0.2, 0.25) is 5.91 Å². The summed E-state index contributed by atoms with van der Waals surface area (Å²) >= 11 is 5.79. The molecular formula is C22H30ClF2N3O4. The van der Waals surface area contributed by atoms with Crippen LogP contribution in [0.4, 0.5) is 13.6 Å². The molecule has 1 aromatic carbocycles. The van der Waals surface area contributed by atoms with Gasteiger partial charge in [0.05, 0.1) is 24.8 Å². The van der Waals surface area contributed by atoms with E-state index in [4.69, 9.17) is 21.1 Å². The highest BCUT2D eigenvalue weighted by atomic mass is 35.5. The number of amides is 2. The number of hydrogen-bond acceptors (Lipinski definition) is 5. The minimum absolute atomic E-state index is 0.0544. The number of halogens is 3. The Kier molecular flexibility index (Phi) is 7.62. The molecule has 2 heterocycles. The molecule has 0 spiro atoms. The number of ether oxygens (including phenoxy) is 2. The summed E-state index contributed by atoms with van der Waals surface area (Å²) in [5.41, 5.74) is -2.38. The Morgan fingerprint density at radius 1 is 1.31 bits per heavy atom. The van der Waals surface area contributed by atoms with Crippen molar-refractivity contribution in [3.05, 3.63) is 34.6 Å². The molecule has 2 amide bonds. The van der Waals surface area contributed by atoms with Crippen molar-refractivity contribution >= 4 is 23.6 Å². The molecule has 7 nitrogen and oxygen atoms in total. The van der Waals surface area contributed by atoms with Gasteiger partial charge in [0.25, 0.3) is 0 Å². The highest BCUT2D eigenvalue weighted by Gasteiger charge is 2.51. The van der Waals surface area contributed by atoms with E-state index in [2.05, 4.69) is 5.32 Å². The van der Waals surface area contributed by atoms with Gasteiger partial charge in [0.15, 0.2) is 0 Å². The predicted molar refractivity (Wildman–Crippen MR) is 116 cm³/mol. The Balaban J connectivity index is 1.73. The van der Waals surface area contributed by atoms with Crippen molar-refractivity contribution in [3.63, 3.8) is 0 Å². The van der Waals surface area contributed by atoms with Crippen molar-refractivity contribution in [2.45, 2.75) is 51.0 Å². The first-order valence-corrected chi connectivity index (χ1v) is 11.0. The number of likely N-dealkylation sites (tertiary alicyclic amines) is 1. The van der Waals surface area contributed by atoms with Crippen molar-refractivity contribution in [2.24, 2.45) is 0 Å². The van der Waals surface area contributed by atoms with E-state index in [1.807, 2.05) is 4.90 Å². The molecule has 0 aromatic heterocycles. The SMILES string of the molecule is CC(C)(C)OC(=O)N1C[C@](F)(CN2CCOCC2)C[C@H]1C(=O)NCc1cccc(Cl)c1F. The van der Waals surface area contributed by atoms with Crippen LogP contribution in [0, 0.1) is 5.82 Å². The van der Waals surface area contributed by atoms with Gasteiger partial charge >= 0.3 is 6.09 Å². The number of nitrogens with one attached hydrogen (secondary N) is 1. The van der Waals surface area contributed by atoms with Crippen LogP contribution in [-0.2, 0) is 20.8 Å². The molecule has 2 atom stereocenters. The number of carbonyl (C=O) groups excluding carboxylic acids is 2. The maximum Gasteiger partial charge on any atom is 0.411 e. The number of alkyl halides is 1. The second-order valence-corrected chi connectivity index (χ2v) is 9.71. The van der Waals surface area contributed by atoms with Crippen molar-refractivity contribution in [3.8, 4) is 0 Å². The fourth-order valence-corrected chi connectivity index (χ4v) is 4.14. The van der Waals surface area contributed by atoms with Gasteiger partial charge in [-0.05, 0) is 26.8 Å². The zero-order valence-electron chi connectivity index (χ0n) is 18.6. The molecule has 0 bridgehead atoms. The first kappa shape index (κ1) is 24.7. The van der Waals surface area contributed by atoms with Crippen LogP contribution in [0.5, 0.6) is 0 Å². The molecular weight excluding hydrogens is 444 g/mol. The maximum absolute atomic E-state index is 15.8. The summed E-state index contributed by atoms with van der Waals surface area (Å²) < 4.78 is 40.7. The molecule has 3 rings (SSSR count). The lowest BCUT2D eigenvalue weighted by atomic mass is 10.0. The molecule has 0 aliphatic carbocycles. The summed E-state index contributed by atoms with van der Waals surface area (Å²) in [6, 6.07) is 3.41. The Morgan fingerprint density at radius 2 is 2.00 bits per heavy atom. The summed E-state index contributed by atoms with van der Waals surface area (Å²) in [6.07, 6.45) is -0.930. The Bertz CT molecular complexity index is 845. The van der Waals surface area contributed by atoms with Crippen LogP contribution in [0.25, 0.3) is 0 Å². The van der Waals surface area contributed by atoms with Crippen LogP contribution in [0.2, 0.25) is 5.02 Å². The van der Waals surface area contributed by atoms with Crippen LogP contribution in [0.1, 0.15) is 32.8 Å². The summed E-state index contributed by atoms with van der Waals surface area (Å²) in [5, 5.41) is 2.56. The molecule has 1 aromatic rings. The van der Waals surface area contributed by atoms with Gasteiger partial charge < -0.3 is 14.8 Å². The normalized spacial score (nSPS) is 24.4. The largest absolute Gasteiger partial charge is 0.444 e. The van der Waals surface area contributed by atoms with Crippen LogP contribution in [-0.4, -0.2) is 78.5 Å². The summed E-state index contributed by atoms with van der Waals surface area (Å²) in [5.74, 6) is -1.20. The van der Waals surface area contributed by atoms with E-state index in [1.54, 1.807) is 26.8 Å². The summed E-state index contributed by atoms with van der Waals surface area (Å²) in [7, 11) is 0. The van der Waals surface area contributed by atoms with Gasteiger partial charge in [-0.15, -0.1) is 0 Å². The molecule has 10 heteroatoms. The number of benzene rings is 1. The average molecular weight is 474 g/mol. The highest BCUT2D eigenvalue weighted by Crippen LogP contribution is 2.33. The average Bonchev–Trinajstić information content (AvgIpc) is 3.06. The molecule has 2 fully saturated rings. The zero-order chi connectivity index (χ0) is 23.5. The second-order valence-electron chi connectivity index (χ2n) is 9.30. The predicted octanol–water partition coefficient (Wildman–Crippen LogP) is 3.15. The fraction of sp³-hybridized carbons (Fsp3) is 0.636. The number of carbonyl (C=O) groups is 2. The minimum atomic E-state index is -1.78. The van der Waals surface area contributed by atoms with Crippen molar-refractivity contribution in [1.82, 2.24) is 15.1 Å². The number of morpholine rings is 1. The van der Waals surface area contributed by atoms with E-state index in [0.717, 1.165) is 4.90 Å². The van der Waals surface area contributed by atoms with E-state index >= 15 is 4.39 Å². The van der Waals surface area contributed by atoms with Gasteiger partial charge in [-0.25, -0.2) is 13.6 Å². The first-order chi connectivity index (χ1) is 15.0. The van der Waals surface area contributed by atoms with Gasteiger partial charge in [-0.3, -0.25) is 14.6 Å². The quantitative estimate of drug-likeness (QED) is 0.711. The van der Waals surface area contributed by atoms with E-state index in [0.29, 0.717) is 26.3 Å². The zero-order valence-corrected chi connectivity index (χ0v) is 19.4. The lowest BCUT2D eigenvalue weighted by molar-refractivity contribution is -0.125. The number of rotatable bonds is 5. The lowest BCUT2D eigenvalue weighted by Crippen LogP contribution is -2.48. The van der Waals surface area contributed by atoms with Gasteiger partial charge in [0, 0.05) is 38.2 Å². The van der Waals surface area contributed by atoms with Gasteiger partial charge in [-0.1, -0.05) is 23.7 Å². The van der Waals surface area contributed by atoms with Crippen LogP contribution in [0.3, 0.4) is 0 Å². The lowest BCUT2D eigenvalue weighted by Gasteiger charge is -2.32. The van der Waals surface area contributed by atoms with E-state index in [-0.39, 0.29) is 36.6 Å². The highest BCUT2D eigenvalue weighted by molar-refractivity contribution is 6.30. The molecule has 0 saturated carbocycles. The first-order valence-electron chi connectivity index (χ1n) is 10.7. The molecule has 2 saturated heterocycles. The van der Waals surface area contributed by atoms with Gasteiger partial charge in [-0.2, -0.15) is 0 Å². The molecule has 1 N–H and O–H groups in total. The maximum atomic E-state index is 15.8. The third-order valence-electron chi connectivity index (χ3n) is 5.42. The van der Waals surface area contributed by atoms with Crippen LogP contribution >= 0.6 is 11.6 Å². The molecule has 2 aliphatic heterocycles. The topological polar surface area (TPSA) is 71.1 Å². The summed E-state index contributed by atoms with van der Waals surface area (Å²) in [6.45, 7) is 7.00. The Hall–Kier alpha value is -1.97. The summed E-state index contributed by atoms with van der Waals surface area (Å²) in [4.78, 5) is 28.8. The van der Waals surface area contributed by atoms with Crippen LogP contribution in [0.15, 0.2) is 18.2 Å². The third kappa shape index (κ3) is 6.30. The van der Waals surface area contributed by atoms with Crippen molar-refractivity contribution < 1.29 is 27.8 Å². The van der Waals surface area contributed by atoms with E-state index in [1.165, 1.54) is 12.1 Å².